The number of nitrogens with two attached hydrogens (primary N) is 1. The molecular formula is C15H23Cr2N3O9. The first-order chi connectivity index (χ1) is 13.1. The van der Waals surface area contributed by atoms with Gasteiger partial charge in [-0.05, 0) is 45.0 Å². The maximum Gasteiger partial charge on any atom is 0.0267 e. The number of ether oxygens (including phenoxy) is 1. The van der Waals surface area contributed by atoms with E-state index in [1.807, 2.05) is 36.4 Å². The number of carbonyl (C=O) groups excluding carboxylic acids is 1. The summed E-state index contributed by atoms with van der Waals surface area (Å²) in [7, 11) is 0. The molecule has 2 rings (SSSR count). The molecule has 0 atom stereocenters. The van der Waals surface area contributed by atoms with Gasteiger partial charge in [-0.15, -0.1) is 0 Å². The number of pyridine rings is 2. The van der Waals surface area contributed by atoms with Crippen LogP contribution in [0.15, 0.2) is 61.2 Å². The Kier molecular flexibility index (Phi) is 14.6. The summed E-state index contributed by atoms with van der Waals surface area (Å²) < 4.78 is 60.8. The molecule has 0 bridgehead atoms. The van der Waals surface area contributed by atoms with E-state index in [0.29, 0.717) is 0 Å². The molecular weight excluding hydrogens is 470 g/mol. The number of aromatic nitrogens is 2. The third kappa shape index (κ3) is 33.7. The van der Waals surface area contributed by atoms with Crippen molar-refractivity contribution in [2.24, 2.45) is 5.73 Å². The van der Waals surface area contributed by atoms with Crippen molar-refractivity contribution in [2.45, 2.75) is 26.4 Å². The molecule has 0 radical (unpaired) electrons. The van der Waals surface area contributed by atoms with Crippen LogP contribution in [0.1, 0.15) is 20.8 Å². The molecule has 0 saturated carbocycles. The van der Waals surface area contributed by atoms with Gasteiger partial charge in [0.2, 0.25) is 0 Å². The summed E-state index contributed by atoms with van der Waals surface area (Å²) >= 11 is -11.5. The smallest absolute Gasteiger partial charge is 0.0267 e. The number of carbonyl (C=O) groups is 1. The molecule has 4 N–H and O–H groups in total. The summed E-state index contributed by atoms with van der Waals surface area (Å²) in [6.45, 7) is 5.28. The Labute approximate surface area is 172 Å². The summed E-state index contributed by atoms with van der Waals surface area (Å²) in [5.41, 5.74) is 4.26. The molecule has 2 heterocycles. The van der Waals surface area contributed by atoms with Crippen LogP contribution < -0.4 is 5.73 Å². The number of amides is 1. The van der Waals surface area contributed by atoms with Gasteiger partial charge >= 0.3 is 59.7 Å². The van der Waals surface area contributed by atoms with E-state index in [0.717, 1.165) is 0 Å². The molecule has 2 aromatic heterocycles. The van der Waals surface area contributed by atoms with Crippen molar-refractivity contribution >= 4 is 6.09 Å². The van der Waals surface area contributed by atoms with E-state index in [9.17, 15) is 20.0 Å². The molecule has 164 valence electrons. The molecule has 1 amide bonds. The maximum absolute atomic E-state index is 10.0. The van der Waals surface area contributed by atoms with Gasteiger partial charge < -0.3 is 10.5 Å². The van der Waals surface area contributed by atoms with E-state index in [4.69, 9.17) is 14.1 Å². The van der Waals surface area contributed by atoms with Crippen molar-refractivity contribution in [3.63, 3.8) is 0 Å². The van der Waals surface area contributed by atoms with Crippen molar-refractivity contribution < 1.29 is 63.1 Å². The first-order valence-corrected chi connectivity index (χ1v) is 11.7. The molecule has 0 unspecified atom stereocenters. The summed E-state index contributed by atoms with van der Waals surface area (Å²) in [6, 6.07) is 11.4. The van der Waals surface area contributed by atoms with Gasteiger partial charge in [0, 0.05) is 24.8 Å². The molecule has 0 fully saturated rings. The third-order valence-corrected chi connectivity index (χ3v) is 4.46. The number of nitrogens with zero attached hydrogens (tertiary/aromatic N) is 2. The first kappa shape index (κ1) is 28.9. The predicted molar refractivity (Wildman–Crippen MR) is 87.2 cm³/mol. The molecule has 0 aliphatic carbocycles. The van der Waals surface area contributed by atoms with Gasteiger partial charge in [-0.25, -0.2) is 4.79 Å². The minimum Gasteiger partial charge on any atom is -0.265 e. The van der Waals surface area contributed by atoms with Crippen LogP contribution in [-0.2, 0) is 50.0 Å². The summed E-state index contributed by atoms with van der Waals surface area (Å²) in [6.07, 6.45) is 6.28. The second kappa shape index (κ2) is 14.7. The van der Waals surface area contributed by atoms with E-state index in [1.54, 1.807) is 45.6 Å². The molecule has 12 nitrogen and oxygen atoms in total. The van der Waals surface area contributed by atoms with Crippen molar-refractivity contribution in [2.75, 3.05) is 0 Å². The van der Waals surface area contributed by atoms with Gasteiger partial charge in [-0.2, -0.15) is 0 Å². The zero-order valence-electron chi connectivity index (χ0n) is 15.8. The number of rotatable bonds is 2. The topological polar surface area (TPSA) is 196 Å². The average Bonchev–Trinajstić information content (AvgIpc) is 2.54. The molecule has 0 spiro atoms. The van der Waals surface area contributed by atoms with E-state index < -0.39 is 38.9 Å². The Bertz CT molecular complexity index is 755. The zero-order chi connectivity index (χ0) is 23.0. The summed E-state index contributed by atoms with van der Waals surface area (Å²) in [5, 5.41) is 0. The van der Waals surface area contributed by atoms with Gasteiger partial charge in [0.15, 0.2) is 0 Å². The molecule has 0 aromatic carbocycles. The second-order valence-corrected chi connectivity index (χ2v) is 9.27. The molecule has 0 aliphatic rings. The number of primary amides is 1. The monoisotopic (exact) mass is 493 g/mol. The predicted octanol–water partition coefficient (Wildman–Crippen LogP) is 1.38. The summed E-state index contributed by atoms with van der Waals surface area (Å²) in [5.74, 6) is 0. The number of hydrogen-bond donors (Lipinski definition) is 3. The number of hydrogen-bond acceptors (Lipinski definition) is 9. The van der Waals surface area contributed by atoms with Gasteiger partial charge in [0.25, 0.3) is 0 Å². The average molecular weight is 493 g/mol. The van der Waals surface area contributed by atoms with Crippen LogP contribution in [0.25, 0.3) is 0 Å². The Hall–Kier alpha value is -2.29. The first-order valence-electron chi connectivity index (χ1n) is 7.47. The van der Waals surface area contributed by atoms with Crippen LogP contribution in [-0.4, -0.2) is 30.0 Å². The van der Waals surface area contributed by atoms with Crippen LogP contribution in [0.4, 0.5) is 4.79 Å². The SMILES string of the molecule is CC(C)(C)OC(N)=O.[O]=[Cr](=[O])([OH])[O][Cr](=[O])(=[O])[OH].c1ccncc1.c1ccncc1. The van der Waals surface area contributed by atoms with E-state index in [-0.39, 0.29) is 0 Å². The Balaban J connectivity index is 0. The van der Waals surface area contributed by atoms with Crippen molar-refractivity contribution in [3.05, 3.63) is 61.2 Å². The van der Waals surface area contributed by atoms with Crippen LogP contribution >= 0.6 is 0 Å². The van der Waals surface area contributed by atoms with Gasteiger partial charge in [0.1, 0.15) is 5.60 Å². The van der Waals surface area contributed by atoms with E-state index in [1.165, 1.54) is 0 Å². The van der Waals surface area contributed by atoms with E-state index >= 15 is 0 Å². The van der Waals surface area contributed by atoms with E-state index in [2.05, 4.69) is 17.5 Å². The minimum absolute atomic E-state index is 0.453. The fourth-order valence-corrected chi connectivity index (χ4v) is 2.77. The van der Waals surface area contributed by atoms with Crippen LogP contribution in [0.3, 0.4) is 0 Å². The maximum atomic E-state index is 10.0. The Morgan fingerprint density at radius 1 is 0.793 bits per heavy atom. The van der Waals surface area contributed by atoms with Crippen LogP contribution in [0, 0.1) is 0 Å². The minimum atomic E-state index is -5.76. The quantitative estimate of drug-likeness (QED) is 0.546. The fraction of sp³-hybridized carbons (Fsp3) is 0.267. The molecule has 29 heavy (non-hydrogen) atoms. The standard InChI is InChI=1S/C5H11NO2.2C5H5N.2Cr.2H2O.5O/c1-5(2,3)8-4(6)7;2*1-2-4-6-5-3-1;;;;;;;;;/h1-3H3,(H2,6,7);2*1-5H;;;2*1H2;;;;;/q;;;2*+1;;;;;;;/p-2. The largest absolute Gasteiger partial charge is 0.265 e. The molecule has 0 aliphatic heterocycles. The van der Waals surface area contributed by atoms with Crippen molar-refractivity contribution in [3.8, 4) is 0 Å². The fourth-order valence-electron chi connectivity index (χ4n) is 1.04. The Morgan fingerprint density at radius 2 is 1.10 bits per heavy atom. The second-order valence-electron chi connectivity index (χ2n) is 5.51. The van der Waals surface area contributed by atoms with Gasteiger partial charge in [0.05, 0.1) is 0 Å². The van der Waals surface area contributed by atoms with Crippen molar-refractivity contribution in [1.29, 1.82) is 0 Å². The zero-order valence-corrected chi connectivity index (χ0v) is 18.4. The third-order valence-electron chi connectivity index (χ3n) is 1.71. The summed E-state index contributed by atoms with van der Waals surface area (Å²) in [4.78, 5) is 17.6. The van der Waals surface area contributed by atoms with Gasteiger partial charge in [-0.3, -0.25) is 9.97 Å². The van der Waals surface area contributed by atoms with Crippen molar-refractivity contribution in [1.82, 2.24) is 9.97 Å². The molecule has 14 heteroatoms. The normalized spacial score (nSPS) is 10.5. The molecule has 0 saturated heterocycles. The van der Waals surface area contributed by atoms with Crippen LogP contribution in [0.5, 0.6) is 0 Å². The molecule has 2 aromatic rings. The Morgan fingerprint density at radius 3 is 1.14 bits per heavy atom. The van der Waals surface area contributed by atoms with Crippen LogP contribution in [0.2, 0.25) is 0 Å². The van der Waals surface area contributed by atoms with Gasteiger partial charge in [-0.1, -0.05) is 12.1 Å².